The molecule has 2 aliphatic rings. The lowest BCUT2D eigenvalue weighted by atomic mass is 10.1. The van der Waals surface area contributed by atoms with E-state index >= 15 is 0 Å². The van der Waals surface area contributed by atoms with E-state index in [-0.39, 0.29) is 18.5 Å². The van der Waals surface area contributed by atoms with Crippen molar-refractivity contribution in [1.29, 1.82) is 0 Å². The van der Waals surface area contributed by atoms with E-state index in [1.807, 2.05) is 11.0 Å². The Morgan fingerprint density at radius 1 is 1.39 bits per heavy atom. The van der Waals surface area contributed by atoms with E-state index in [4.69, 9.17) is 17.3 Å². The smallest absolute Gasteiger partial charge is 0.312 e. The molecule has 2 saturated heterocycles. The van der Waals surface area contributed by atoms with Crippen molar-refractivity contribution in [2.24, 2.45) is 5.73 Å². The number of rotatable bonds is 5. The van der Waals surface area contributed by atoms with E-state index in [1.54, 1.807) is 18.2 Å². The second-order valence-corrected chi connectivity index (χ2v) is 7.67. The summed E-state index contributed by atoms with van der Waals surface area (Å²) in [6.45, 7) is 0.975. The number of halogens is 1. The number of urea groups is 1. The van der Waals surface area contributed by atoms with Gasteiger partial charge in [0.1, 0.15) is 0 Å². The Bertz CT molecular complexity index is 875. The maximum atomic E-state index is 11.9. The van der Waals surface area contributed by atoms with Gasteiger partial charge in [0.2, 0.25) is 5.91 Å². The Kier molecular flexibility index (Phi) is 6.10. The van der Waals surface area contributed by atoms with Crippen LogP contribution in [0.1, 0.15) is 12.0 Å². The van der Waals surface area contributed by atoms with E-state index in [0.717, 1.165) is 17.4 Å². The van der Waals surface area contributed by atoms with Crippen molar-refractivity contribution in [2.45, 2.75) is 12.5 Å². The summed E-state index contributed by atoms with van der Waals surface area (Å²) in [5, 5.41) is 7.40. The minimum absolute atomic E-state index is 0.121. The van der Waals surface area contributed by atoms with Gasteiger partial charge in [-0.25, -0.2) is 4.79 Å². The van der Waals surface area contributed by atoms with Crippen LogP contribution >= 0.6 is 23.4 Å². The maximum absolute atomic E-state index is 11.9. The van der Waals surface area contributed by atoms with Crippen molar-refractivity contribution in [1.82, 2.24) is 16.0 Å². The third-order valence-corrected chi connectivity index (χ3v) is 5.36. The van der Waals surface area contributed by atoms with Crippen LogP contribution in [0, 0.1) is 0 Å². The molecule has 0 saturated carbocycles. The summed E-state index contributed by atoms with van der Waals surface area (Å²) < 4.78 is 0. The van der Waals surface area contributed by atoms with Crippen molar-refractivity contribution >= 4 is 58.2 Å². The maximum Gasteiger partial charge on any atom is 0.312 e. The van der Waals surface area contributed by atoms with E-state index < -0.39 is 17.2 Å². The largest absolute Gasteiger partial charge is 0.368 e. The summed E-state index contributed by atoms with van der Waals surface area (Å²) >= 11 is 7.24. The van der Waals surface area contributed by atoms with Gasteiger partial charge in [0, 0.05) is 24.7 Å². The molecule has 1 aromatic carbocycles. The fourth-order valence-electron chi connectivity index (χ4n) is 3.07. The number of carbonyl (C=O) groups is 4. The van der Waals surface area contributed by atoms with Crippen LogP contribution in [-0.4, -0.2) is 48.8 Å². The number of amides is 5. The molecule has 11 heteroatoms. The predicted molar refractivity (Wildman–Crippen MR) is 107 cm³/mol. The Morgan fingerprint density at radius 3 is 2.86 bits per heavy atom. The number of hydrogen-bond acceptors (Lipinski definition) is 6. The van der Waals surface area contributed by atoms with Gasteiger partial charge in [0.15, 0.2) is 0 Å². The standard InChI is InChI=1S/C17H18ClN5O4S/c18-11-3-1-2-9(6-12-15(25)22-17(27)28-12)14(11)23-5-4-10(8-23)21-13(24)7-20-16(19)26/h1-3,6,10H,4-5,7-8H2,(H,21,24)(H3,19,20,26)(H,22,25,27)/b12-6-/t10-/m0/s1. The molecular formula is C17H18ClN5O4S. The number of anilines is 1. The summed E-state index contributed by atoms with van der Waals surface area (Å²) in [5.41, 5.74) is 6.40. The van der Waals surface area contributed by atoms with Gasteiger partial charge < -0.3 is 21.3 Å². The number of nitrogens with zero attached hydrogens (tertiary/aromatic N) is 1. The highest BCUT2D eigenvalue weighted by Gasteiger charge is 2.29. The highest BCUT2D eigenvalue weighted by atomic mass is 35.5. The minimum Gasteiger partial charge on any atom is -0.368 e. The lowest BCUT2D eigenvalue weighted by Gasteiger charge is -2.23. The molecule has 0 aromatic heterocycles. The molecule has 1 aromatic rings. The molecule has 2 fully saturated rings. The van der Waals surface area contributed by atoms with E-state index in [9.17, 15) is 19.2 Å². The highest BCUT2D eigenvalue weighted by molar-refractivity contribution is 8.18. The van der Waals surface area contributed by atoms with Crippen LogP contribution in [0.15, 0.2) is 23.1 Å². The first-order valence-corrected chi connectivity index (χ1v) is 9.64. The Hall–Kier alpha value is -2.72. The zero-order valence-electron chi connectivity index (χ0n) is 14.7. The average Bonchev–Trinajstić information content (AvgIpc) is 3.19. The molecule has 2 aliphatic heterocycles. The van der Waals surface area contributed by atoms with Gasteiger partial charge in [-0.15, -0.1) is 0 Å². The quantitative estimate of drug-likeness (QED) is 0.522. The monoisotopic (exact) mass is 423 g/mol. The minimum atomic E-state index is -0.760. The first-order valence-electron chi connectivity index (χ1n) is 8.44. The normalized spacial score (nSPS) is 20.4. The van der Waals surface area contributed by atoms with Gasteiger partial charge in [-0.3, -0.25) is 19.7 Å². The summed E-state index contributed by atoms with van der Waals surface area (Å²) in [4.78, 5) is 48.1. The van der Waals surface area contributed by atoms with Gasteiger partial charge in [-0.05, 0) is 30.3 Å². The van der Waals surface area contributed by atoms with E-state index in [0.29, 0.717) is 35.0 Å². The third-order valence-electron chi connectivity index (χ3n) is 4.24. The van der Waals surface area contributed by atoms with Crippen molar-refractivity contribution in [3.05, 3.63) is 33.7 Å². The van der Waals surface area contributed by atoms with Crippen LogP contribution in [0.4, 0.5) is 15.3 Å². The number of para-hydroxylation sites is 1. The number of nitrogens with two attached hydrogens (primary N) is 1. The molecular weight excluding hydrogens is 406 g/mol. The molecule has 0 bridgehead atoms. The van der Waals surface area contributed by atoms with Crippen LogP contribution in [0.2, 0.25) is 5.02 Å². The van der Waals surface area contributed by atoms with Crippen molar-refractivity contribution in [2.75, 3.05) is 24.5 Å². The lowest BCUT2D eigenvalue weighted by Crippen LogP contribution is -2.44. The number of imide groups is 1. The zero-order chi connectivity index (χ0) is 20.3. The third kappa shape index (κ3) is 4.76. The summed E-state index contributed by atoms with van der Waals surface area (Å²) in [5.74, 6) is -0.765. The van der Waals surface area contributed by atoms with Crippen LogP contribution in [-0.2, 0) is 9.59 Å². The van der Waals surface area contributed by atoms with Gasteiger partial charge in [0.25, 0.3) is 11.1 Å². The Morgan fingerprint density at radius 2 is 2.18 bits per heavy atom. The van der Waals surface area contributed by atoms with Crippen LogP contribution in [0.25, 0.3) is 6.08 Å². The number of benzene rings is 1. The Labute approximate surface area is 170 Å². The van der Waals surface area contributed by atoms with Crippen molar-refractivity contribution < 1.29 is 19.2 Å². The molecule has 0 spiro atoms. The summed E-state index contributed by atoms with van der Waals surface area (Å²) in [6, 6.07) is 4.44. The van der Waals surface area contributed by atoms with E-state index in [2.05, 4.69) is 16.0 Å². The van der Waals surface area contributed by atoms with Gasteiger partial charge in [0.05, 0.1) is 22.2 Å². The average molecular weight is 424 g/mol. The zero-order valence-corrected chi connectivity index (χ0v) is 16.2. The first kappa shape index (κ1) is 20.0. The molecule has 5 N–H and O–H groups in total. The number of primary amides is 1. The molecule has 3 rings (SSSR count). The molecule has 0 aliphatic carbocycles. The molecule has 9 nitrogen and oxygen atoms in total. The first-order chi connectivity index (χ1) is 13.3. The second kappa shape index (κ2) is 8.53. The highest BCUT2D eigenvalue weighted by Crippen LogP contribution is 2.35. The van der Waals surface area contributed by atoms with Gasteiger partial charge >= 0.3 is 6.03 Å². The fourth-order valence-corrected chi connectivity index (χ4v) is 4.05. The van der Waals surface area contributed by atoms with Crippen LogP contribution in [0.5, 0.6) is 0 Å². The molecule has 1 atom stereocenters. The van der Waals surface area contributed by atoms with Crippen molar-refractivity contribution in [3.8, 4) is 0 Å². The van der Waals surface area contributed by atoms with Crippen molar-refractivity contribution in [3.63, 3.8) is 0 Å². The molecule has 0 radical (unpaired) electrons. The van der Waals surface area contributed by atoms with Gasteiger partial charge in [-0.2, -0.15) is 0 Å². The van der Waals surface area contributed by atoms with Crippen LogP contribution < -0.4 is 26.6 Å². The van der Waals surface area contributed by atoms with E-state index in [1.165, 1.54) is 0 Å². The summed E-state index contributed by atoms with van der Waals surface area (Å²) in [6.07, 6.45) is 2.33. The molecule has 2 heterocycles. The SMILES string of the molecule is NC(=O)NCC(=O)N[C@H]1CCN(c2c(Cl)cccc2/C=C2\SC(=O)NC2=O)C1. The summed E-state index contributed by atoms with van der Waals surface area (Å²) in [7, 11) is 0. The number of carbonyl (C=O) groups excluding carboxylic acids is 4. The lowest BCUT2D eigenvalue weighted by molar-refractivity contribution is -0.120. The number of thioether (sulfide) groups is 1. The molecule has 5 amide bonds. The Balaban J connectivity index is 1.73. The number of nitrogens with one attached hydrogen (secondary N) is 3. The number of hydrogen-bond donors (Lipinski definition) is 4. The molecule has 0 unspecified atom stereocenters. The van der Waals surface area contributed by atoms with Gasteiger partial charge in [-0.1, -0.05) is 23.7 Å². The topological polar surface area (TPSA) is 134 Å². The predicted octanol–water partition coefficient (Wildman–Crippen LogP) is 1.03. The molecule has 28 heavy (non-hydrogen) atoms. The molecule has 148 valence electrons. The second-order valence-electron chi connectivity index (χ2n) is 6.25. The fraction of sp³-hybridized carbons (Fsp3) is 0.294. The van der Waals surface area contributed by atoms with Crippen LogP contribution in [0.3, 0.4) is 0 Å².